The van der Waals surface area contributed by atoms with Crippen LogP contribution in [0.4, 0.5) is 0 Å². The summed E-state index contributed by atoms with van der Waals surface area (Å²) in [5, 5.41) is 8.06. The van der Waals surface area contributed by atoms with E-state index in [0.717, 1.165) is 0 Å². The Morgan fingerprint density at radius 1 is 1.78 bits per heavy atom. The quantitative estimate of drug-likeness (QED) is 0.256. The van der Waals surface area contributed by atoms with E-state index in [4.69, 9.17) is 5.11 Å². The average molecular weight is 128 g/mol. The van der Waals surface area contributed by atoms with E-state index >= 15 is 0 Å². The van der Waals surface area contributed by atoms with Crippen molar-refractivity contribution < 1.29 is 14.6 Å². The molecule has 0 atom stereocenters. The highest BCUT2D eigenvalue weighted by molar-refractivity contribution is 5.90. The highest BCUT2D eigenvalue weighted by atomic mass is 16.6. The maximum atomic E-state index is 10.4. The molecule has 0 saturated carbocycles. The molecule has 0 unspecified atom stereocenters. The van der Waals surface area contributed by atoms with Crippen LogP contribution in [0.2, 0.25) is 0 Å². The minimum atomic E-state index is -0.646. The first-order valence-corrected chi connectivity index (χ1v) is 2.31. The molecule has 0 radical (unpaired) electrons. The van der Waals surface area contributed by atoms with Gasteiger partial charge in [-0.1, -0.05) is 19.2 Å². The highest BCUT2D eigenvalue weighted by Crippen LogP contribution is 1.92. The van der Waals surface area contributed by atoms with Gasteiger partial charge in [0.15, 0.2) is 6.79 Å². The van der Waals surface area contributed by atoms with Gasteiger partial charge in [0.2, 0.25) is 0 Å². The molecule has 0 aromatic rings. The average Bonchev–Trinajstić information content (AvgIpc) is 1.87. The lowest BCUT2D eigenvalue weighted by atomic mass is 10.3. The first-order chi connectivity index (χ1) is 4.22. The van der Waals surface area contributed by atoms with Crippen molar-refractivity contribution in [2.45, 2.75) is 0 Å². The zero-order valence-corrected chi connectivity index (χ0v) is 4.96. The van der Waals surface area contributed by atoms with Crippen molar-refractivity contribution in [3.05, 3.63) is 24.8 Å². The number of hydrogen-bond acceptors (Lipinski definition) is 3. The Labute approximate surface area is 53.3 Å². The summed E-state index contributed by atoms with van der Waals surface area (Å²) in [6.07, 6.45) is 1.26. The van der Waals surface area contributed by atoms with Gasteiger partial charge in [0.1, 0.15) is 0 Å². The molecular weight excluding hydrogens is 120 g/mol. The monoisotopic (exact) mass is 128 g/mol. The van der Waals surface area contributed by atoms with Crippen molar-refractivity contribution in [3.8, 4) is 0 Å². The van der Waals surface area contributed by atoms with Crippen LogP contribution in [0.15, 0.2) is 24.8 Å². The van der Waals surface area contributed by atoms with E-state index in [2.05, 4.69) is 17.9 Å². The van der Waals surface area contributed by atoms with Gasteiger partial charge in [0.05, 0.1) is 5.57 Å². The van der Waals surface area contributed by atoms with Crippen LogP contribution in [0.1, 0.15) is 0 Å². The van der Waals surface area contributed by atoms with Crippen LogP contribution in [-0.2, 0) is 9.53 Å². The molecule has 50 valence electrons. The molecule has 9 heavy (non-hydrogen) atoms. The van der Waals surface area contributed by atoms with Gasteiger partial charge in [-0.2, -0.15) is 0 Å². The van der Waals surface area contributed by atoms with Gasteiger partial charge in [0.25, 0.3) is 0 Å². The van der Waals surface area contributed by atoms with Crippen LogP contribution in [0.5, 0.6) is 0 Å². The van der Waals surface area contributed by atoms with Crippen molar-refractivity contribution in [2.75, 3.05) is 6.79 Å². The second kappa shape index (κ2) is 3.86. The lowest BCUT2D eigenvalue weighted by Crippen LogP contribution is -2.05. The summed E-state index contributed by atoms with van der Waals surface area (Å²) < 4.78 is 4.14. The number of aliphatic hydroxyl groups excluding tert-OH is 1. The number of ether oxygens (including phenoxy) is 1. The zero-order chi connectivity index (χ0) is 7.28. The molecule has 0 aromatic heterocycles. The third kappa shape index (κ3) is 2.66. The van der Waals surface area contributed by atoms with E-state index in [9.17, 15) is 4.79 Å². The number of carbonyl (C=O) groups excluding carboxylic acids is 1. The van der Waals surface area contributed by atoms with E-state index in [1.807, 2.05) is 0 Å². The van der Waals surface area contributed by atoms with Gasteiger partial charge in [0, 0.05) is 0 Å². The van der Waals surface area contributed by atoms with E-state index in [1.54, 1.807) is 0 Å². The van der Waals surface area contributed by atoms with E-state index in [1.165, 1.54) is 6.08 Å². The van der Waals surface area contributed by atoms with Gasteiger partial charge < -0.3 is 9.84 Å². The van der Waals surface area contributed by atoms with Crippen molar-refractivity contribution >= 4 is 5.97 Å². The van der Waals surface area contributed by atoms with Crippen molar-refractivity contribution in [2.24, 2.45) is 0 Å². The first kappa shape index (κ1) is 7.91. The number of esters is 1. The van der Waals surface area contributed by atoms with Crippen LogP contribution in [0.3, 0.4) is 0 Å². The maximum absolute atomic E-state index is 10.4. The molecule has 0 fully saturated rings. The van der Waals surface area contributed by atoms with Crippen molar-refractivity contribution in [1.82, 2.24) is 0 Å². The lowest BCUT2D eigenvalue weighted by molar-refractivity contribution is -0.146. The minimum Gasteiger partial charge on any atom is -0.435 e. The summed E-state index contributed by atoms with van der Waals surface area (Å²) in [6, 6.07) is 0. The molecule has 0 amide bonds. The molecule has 0 heterocycles. The number of aliphatic hydroxyl groups is 1. The molecule has 0 bridgehead atoms. The molecule has 0 spiro atoms. The Morgan fingerprint density at radius 3 is 2.67 bits per heavy atom. The predicted octanol–water partition coefficient (Wildman–Crippen LogP) is 0.222. The standard InChI is InChI=1S/C6H8O3/c1-3-5(2)6(8)9-4-7/h3,7H,1-2,4H2. The Kier molecular flexibility index (Phi) is 3.39. The number of carbonyl (C=O) groups is 1. The summed E-state index contributed by atoms with van der Waals surface area (Å²) in [4.78, 5) is 10.4. The Balaban J connectivity index is 3.73. The zero-order valence-electron chi connectivity index (χ0n) is 4.96. The molecule has 0 aliphatic rings. The van der Waals surface area contributed by atoms with Gasteiger partial charge in [-0.05, 0) is 0 Å². The van der Waals surface area contributed by atoms with Gasteiger partial charge >= 0.3 is 5.97 Å². The highest BCUT2D eigenvalue weighted by Gasteiger charge is 2.01. The van der Waals surface area contributed by atoms with E-state index < -0.39 is 12.8 Å². The molecular formula is C6H8O3. The molecule has 3 heteroatoms. The molecule has 0 aromatic carbocycles. The summed E-state index contributed by atoms with van der Waals surface area (Å²) in [6.45, 7) is 5.95. The van der Waals surface area contributed by atoms with Crippen molar-refractivity contribution in [1.29, 1.82) is 0 Å². The van der Waals surface area contributed by atoms with E-state index in [-0.39, 0.29) is 5.57 Å². The molecule has 0 aliphatic carbocycles. The summed E-state index contributed by atoms with van der Waals surface area (Å²) >= 11 is 0. The first-order valence-electron chi connectivity index (χ1n) is 2.31. The Bertz CT molecular complexity index is 137. The second-order valence-electron chi connectivity index (χ2n) is 1.29. The maximum Gasteiger partial charge on any atom is 0.339 e. The number of hydrogen-bond donors (Lipinski definition) is 1. The summed E-state index contributed by atoms with van der Waals surface area (Å²) in [7, 11) is 0. The van der Waals surface area contributed by atoms with Crippen LogP contribution >= 0.6 is 0 Å². The van der Waals surface area contributed by atoms with Crippen molar-refractivity contribution in [3.63, 3.8) is 0 Å². The normalized spacial score (nSPS) is 8.11. The summed E-state index contributed by atoms with van der Waals surface area (Å²) in [5.74, 6) is -0.646. The fraction of sp³-hybridized carbons (Fsp3) is 0.167. The van der Waals surface area contributed by atoms with E-state index in [0.29, 0.717) is 0 Å². The van der Waals surface area contributed by atoms with Crippen LogP contribution in [-0.4, -0.2) is 17.9 Å². The molecule has 1 N–H and O–H groups in total. The molecule has 0 rings (SSSR count). The Morgan fingerprint density at radius 2 is 2.33 bits per heavy atom. The topological polar surface area (TPSA) is 46.5 Å². The minimum absolute atomic E-state index is 0.143. The van der Waals surface area contributed by atoms with Crippen LogP contribution in [0.25, 0.3) is 0 Å². The lowest BCUT2D eigenvalue weighted by Gasteiger charge is -1.96. The van der Waals surface area contributed by atoms with Gasteiger partial charge in [-0.3, -0.25) is 0 Å². The van der Waals surface area contributed by atoms with Gasteiger partial charge in [-0.15, -0.1) is 0 Å². The summed E-state index contributed by atoms with van der Waals surface area (Å²) in [5.41, 5.74) is 0.143. The molecule has 0 saturated heterocycles. The third-order valence-corrected chi connectivity index (χ3v) is 0.704. The third-order valence-electron chi connectivity index (χ3n) is 0.704. The second-order valence-corrected chi connectivity index (χ2v) is 1.29. The SMILES string of the molecule is C=CC(=C)C(=O)OCO. The largest absolute Gasteiger partial charge is 0.435 e. The molecule has 0 aliphatic heterocycles. The van der Waals surface area contributed by atoms with Crippen LogP contribution in [0, 0.1) is 0 Å². The Hall–Kier alpha value is -1.09. The fourth-order valence-electron chi connectivity index (χ4n) is 0.235. The fourth-order valence-corrected chi connectivity index (χ4v) is 0.235. The predicted molar refractivity (Wildman–Crippen MR) is 32.5 cm³/mol. The van der Waals surface area contributed by atoms with Gasteiger partial charge in [-0.25, -0.2) is 4.79 Å². The molecule has 3 nitrogen and oxygen atoms in total. The van der Waals surface area contributed by atoms with Crippen LogP contribution < -0.4 is 0 Å². The number of rotatable bonds is 3. The smallest absolute Gasteiger partial charge is 0.339 e.